The van der Waals surface area contributed by atoms with Crippen LogP contribution in [0, 0.1) is 13.8 Å². The SMILES string of the molecule is Cc1nc(NN)c(C)c(NCCc2cnn(C)c2)n1. The summed E-state index contributed by atoms with van der Waals surface area (Å²) >= 11 is 0. The number of hydrogen-bond acceptors (Lipinski definition) is 6. The average Bonchev–Trinajstić information content (AvgIpc) is 2.79. The standard InChI is InChI=1S/C12H19N7/c1-8-11(16-9(2)17-12(8)18-13)14-5-4-10-6-15-19(3)7-10/h6-7H,4-5,13H2,1-3H3,(H2,14,16,17,18). The first-order valence-corrected chi connectivity index (χ1v) is 6.13. The fourth-order valence-corrected chi connectivity index (χ4v) is 1.87. The molecule has 2 aromatic heterocycles. The Morgan fingerprint density at radius 1 is 1.26 bits per heavy atom. The number of nitrogens with two attached hydrogens (primary N) is 1. The smallest absolute Gasteiger partial charge is 0.148 e. The number of nitrogens with zero attached hydrogens (tertiary/aromatic N) is 4. The second kappa shape index (κ2) is 5.66. The summed E-state index contributed by atoms with van der Waals surface area (Å²) in [6.45, 7) is 4.56. The van der Waals surface area contributed by atoms with Crippen LogP contribution >= 0.6 is 0 Å². The highest BCUT2D eigenvalue weighted by Crippen LogP contribution is 2.18. The minimum Gasteiger partial charge on any atom is -0.369 e. The van der Waals surface area contributed by atoms with Crippen LogP contribution in [-0.4, -0.2) is 26.3 Å². The Hall–Kier alpha value is -2.15. The van der Waals surface area contributed by atoms with E-state index in [1.165, 1.54) is 5.56 Å². The highest BCUT2D eigenvalue weighted by Gasteiger charge is 2.07. The summed E-state index contributed by atoms with van der Waals surface area (Å²) in [5.41, 5.74) is 4.69. The van der Waals surface area contributed by atoms with Crippen LogP contribution in [0.4, 0.5) is 11.6 Å². The number of aromatic nitrogens is 4. The molecule has 0 unspecified atom stereocenters. The van der Waals surface area contributed by atoms with Gasteiger partial charge in [-0.15, -0.1) is 0 Å². The van der Waals surface area contributed by atoms with Crippen LogP contribution in [0.3, 0.4) is 0 Å². The number of rotatable bonds is 5. The van der Waals surface area contributed by atoms with Gasteiger partial charge in [0.05, 0.1) is 6.20 Å². The zero-order valence-corrected chi connectivity index (χ0v) is 11.4. The zero-order chi connectivity index (χ0) is 13.8. The average molecular weight is 261 g/mol. The van der Waals surface area contributed by atoms with E-state index in [2.05, 4.69) is 25.8 Å². The summed E-state index contributed by atoms with van der Waals surface area (Å²) in [5, 5.41) is 7.44. The second-order valence-corrected chi connectivity index (χ2v) is 4.44. The van der Waals surface area contributed by atoms with Gasteiger partial charge in [-0.1, -0.05) is 0 Å². The van der Waals surface area contributed by atoms with Crippen LogP contribution in [0.5, 0.6) is 0 Å². The quantitative estimate of drug-likeness (QED) is 0.543. The van der Waals surface area contributed by atoms with Gasteiger partial charge in [-0.25, -0.2) is 15.8 Å². The number of nitrogens with one attached hydrogen (secondary N) is 2. The summed E-state index contributed by atoms with van der Waals surface area (Å²) in [5.74, 6) is 7.57. The van der Waals surface area contributed by atoms with Gasteiger partial charge >= 0.3 is 0 Å². The number of anilines is 2. The van der Waals surface area contributed by atoms with Crippen molar-refractivity contribution >= 4 is 11.6 Å². The van der Waals surface area contributed by atoms with E-state index in [0.717, 1.165) is 24.3 Å². The maximum atomic E-state index is 5.43. The van der Waals surface area contributed by atoms with E-state index in [1.54, 1.807) is 4.68 Å². The first-order chi connectivity index (χ1) is 9.10. The van der Waals surface area contributed by atoms with Crippen LogP contribution in [0.25, 0.3) is 0 Å². The molecule has 4 N–H and O–H groups in total. The summed E-state index contributed by atoms with van der Waals surface area (Å²) in [7, 11) is 1.91. The normalized spacial score (nSPS) is 10.5. The molecule has 0 bridgehead atoms. The second-order valence-electron chi connectivity index (χ2n) is 4.44. The van der Waals surface area contributed by atoms with Crippen molar-refractivity contribution in [3.63, 3.8) is 0 Å². The maximum Gasteiger partial charge on any atom is 0.148 e. The molecular weight excluding hydrogens is 242 g/mol. The predicted molar refractivity (Wildman–Crippen MR) is 74.7 cm³/mol. The molecule has 7 nitrogen and oxygen atoms in total. The number of aryl methyl sites for hydroxylation is 2. The van der Waals surface area contributed by atoms with Gasteiger partial charge < -0.3 is 10.7 Å². The summed E-state index contributed by atoms with van der Waals surface area (Å²) in [6, 6.07) is 0. The lowest BCUT2D eigenvalue weighted by Crippen LogP contribution is -2.15. The highest BCUT2D eigenvalue weighted by molar-refractivity contribution is 5.56. The monoisotopic (exact) mass is 261 g/mol. The molecule has 0 fully saturated rings. The van der Waals surface area contributed by atoms with Crippen molar-refractivity contribution in [2.24, 2.45) is 12.9 Å². The van der Waals surface area contributed by atoms with Crippen molar-refractivity contribution in [1.29, 1.82) is 0 Å². The van der Waals surface area contributed by atoms with Crippen molar-refractivity contribution in [2.45, 2.75) is 20.3 Å². The van der Waals surface area contributed by atoms with Gasteiger partial charge in [-0.3, -0.25) is 4.68 Å². The minimum absolute atomic E-state index is 0.649. The van der Waals surface area contributed by atoms with Crippen LogP contribution < -0.4 is 16.6 Å². The summed E-state index contributed by atoms with van der Waals surface area (Å²) < 4.78 is 1.80. The van der Waals surface area contributed by atoms with Crippen LogP contribution in [0.2, 0.25) is 0 Å². The third-order valence-electron chi connectivity index (χ3n) is 2.86. The first kappa shape index (κ1) is 13.3. The number of hydrazine groups is 1. The van der Waals surface area contributed by atoms with E-state index < -0.39 is 0 Å². The fourth-order valence-electron chi connectivity index (χ4n) is 1.87. The first-order valence-electron chi connectivity index (χ1n) is 6.13. The zero-order valence-electron chi connectivity index (χ0n) is 11.4. The number of nitrogen functional groups attached to an aromatic ring is 1. The Morgan fingerprint density at radius 3 is 2.63 bits per heavy atom. The molecule has 0 spiro atoms. The molecule has 0 saturated carbocycles. The van der Waals surface area contributed by atoms with Gasteiger partial charge in [0.15, 0.2) is 0 Å². The Bertz CT molecular complexity index is 561. The molecule has 2 heterocycles. The largest absolute Gasteiger partial charge is 0.369 e. The lowest BCUT2D eigenvalue weighted by Gasteiger charge is -2.12. The molecule has 102 valence electrons. The number of hydrogen-bond donors (Lipinski definition) is 3. The maximum absolute atomic E-state index is 5.43. The fraction of sp³-hybridized carbons (Fsp3) is 0.417. The molecule has 0 aliphatic heterocycles. The molecule has 7 heteroatoms. The van der Waals surface area contributed by atoms with Crippen LogP contribution in [0.1, 0.15) is 17.0 Å². The van der Waals surface area contributed by atoms with Crippen LogP contribution in [0.15, 0.2) is 12.4 Å². The summed E-state index contributed by atoms with van der Waals surface area (Å²) in [6.07, 6.45) is 4.76. The van der Waals surface area contributed by atoms with Crippen LogP contribution in [-0.2, 0) is 13.5 Å². The van der Waals surface area contributed by atoms with Gasteiger partial charge in [0, 0.05) is 25.4 Å². The van der Waals surface area contributed by atoms with Gasteiger partial charge in [0.1, 0.15) is 17.5 Å². The molecule has 0 saturated heterocycles. The molecule has 2 aromatic rings. The Balaban J connectivity index is 2.01. The molecule has 19 heavy (non-hydrogen) atoms. The van der Waals surface area contributed by atoms with Gasteiger partial charge in [0.2, 0.25) is 0 Å². The Kier molecular flexibility index (Phi) is 3.96. The van der Waals surface area contributed by atoms with Gasteiger partial charge in [0.25, 0.3) is 0 Å². The molecule has 0 radical (unpaired) electrons. The topological polar surface area (TPSA) is 93.7 Å². The molecule has 2 rings (SSSR count). The van der Waals surface area contributed by atoms with Gasteiger partial charge in [-0.2, -0.15) is 5.10 Å². The highest BCUT2D eigenvalue weighted by atomic mass is 15.3. The third-order valence-corrected chi connectivity index (χ3v) is 2.86. The molecule has 0 aliphatic rings. The van der Waals surface area contributed by atoms with Gasteiger partial charge in [-0.05, 0) is 25.8 Å². The molecule has 0 aliphatic carbocycles. The molecule has 0 aromatic carbocycles. The molecule has 0 atom stereocenters. The summed E-state index contributed by atoms with van der Waals surface area (Å²) in [4.78, 5) is 8.60. The van der Waals surface area contributed by atoms with E-state index in [-0.39, 0.29) is 0 Å². The van der Waals surface area contributed by atoms with Crippen molar-refractivity contribution in [3.8, 4) is 0 Å². The lowest BCUT2D eigenvalue weighted by molar-refractivity contribution is 0.766. The van der Waals surface area contributed by atoms with E-state index in [0.29, 0.717) is 11.6 Å². The van der Waals surface area contributed by atoms with Crippen molar-refractivity contribution in [1.82, 2.24) is 19.7 Å². The van der Waals surface area contributed by atoms with Crippen molar-refractivity contribution in [2.75, 3.05) is 17.3 Å². The Labute approximate surface area is 112 Å². The third kappa shape index (κ3) is 3.19. The van der Waals surface area contributed by atoms with Crippen molar-refractivity contribution < 1.29 is 0 Å². The lowest BCUT2D eigenvalue weighted by atomic mass is 10.2. The predicted octanol–water partition coefficient (Wildman–Crippen LogP) is 0.767. The van der Waals surface area contributed by atoms with E-state index in [4.69, 9.17) is 5.84 Å². The van der Waals surface area contributed by atoms with E-state index in [1.807, 2.05) is 33.3 Å². The Morgan fingerprint density at radius 2 is 2.00 bits per heavy atom. The molecular formula is C12H19N7. The minimum atomic E-state index is 0.649. The van der Waals surface area contributed by atoms with E-state index >= 15 is 0 Å². The molecule has 0 amide bonds. The van der Waals surface area contributed by atoms with Crippen molar-refractivity contribution in [3.05, 3.63) is 29.3 Å². The van der Waals surface area contributed by atoms with E-state index in [9.17, 15) is 0 Å².